The lowest BCUT2D eigenvalue weighted by atomic mass is 9.66. The van der Waals surface area contributed by atoms with E-state index in [2.05, 4.69) is 46.8 Å². The zero-order valence-electron chi connectivity index (χ0n) is 20.5. The van der Waals surface area contributed by atoms with E-state index >= 15 is 0 Å². The monoisotopic (exact) mass is 427 g/mol. The van der Waals surface area contributed by atoms with Crippen LogP contribution in [-0.4, -0.2) is 35.6 Å². The van der Waals surface area contributed by atoms with Crippen LogP contribution >= 0.6 is 0 Å². The Morgan fingerprint density at radius 1 is 1.23 bits per heavy atom. The van der Waals surface area contributed by atoms with E-state index in [1.807, 2.05) is 6.07 Å². The molecule has 2 aliphatic rings. The van der Waals surface area contributed by atoms with E-state index in [0.29, 0.717) is 12.2 Å². The number of likely N-dealkylation sites (N-methyl/N-ethyl adjacent to an activating group) is 1. The van der Waals surface area contributed by atoms with E-state index < -0.39 is 0 Å². The molecule has 4 nitrogen and oxygen atoms in total. The highest BCUT2D eigenvalue weighted by Gasteiger charge is 2.47. The molecule has 1 aromatic carbocycles. The number of phenolic OH excluding ortho intramolecular Hbond substituents is 1. The third-order valence-electron chi connectivity index (χ3n) is 7.42. The second-order valence-electron chi connectivity index (χ2n) is 10.9. The normalized spacial score (nSPS) is 22.1. The molecule has 0 bridgehead atoms. The molecule has 4 heteroatoms. The molecule has 3 rings (SSSR count). The zero-order chi connectivity index (χ0) is 23.0. The number of carbonyl (C=O) groups excluding carboxylic acids is 1. The summed E-state index contributed by atoms with van der Waals surface area (Å²) in [6.45, 7) is 11.0. The summed E-state index contributed by atoms with van der Waals surface area (Å²) in [6, 6.07) is 4.10. The van der Waals surface area contributed by atoms with E-state index in [4.69, 9.17) is 4.74 Å². The van der Waals surface area contributed by atoms with Gasteiger partial charge in [0.15, 0.2) is 0 Å². The van der Waals surface area contributed by atoms with Gasteiger partial charge in [0.1, 0.15) is 17.1 Å². The molecular formula is C27H41NO3. The maximum atomic E-state index is 12.6. The van der Waals surface area contributed by atoms with Crippen LogP contribution in [0.4, 0.5) is 0 Å². The molecule has 31 heavy (non-hydrogen) atoms. The van der Waals surface area contributed by atoms with E-state index in [1.165, 1.54) is 25.7 Å². The lowest BCUT2D eigenvalue weighted by Gasteiger charge is -2.47. The van der Waals surface area contributed by atoms with Crippen LogP contribution < -0.4 is 4.74 Å². The molecule has 172 valence electrons. The highest BCUT2D eigenvalue weighted by Crippen LogP contribution is 2.55. The topological polar surface area (TPSA) is 49.8 Å². The Kier molecular flexibility index (Phi) is 6.78. The van der Waals surface area contributed by atoms with E-state index in [9.17, 15) is 9.90 Å². The summed E-state index contributed by atoms with van der Waals surface area (Å²) in [6.07, 6.45) is 9.54. The third-order valence-corrected chi connectivity index (χ3v) is 7.42. The minimum absolute atomic E-state index is 0.0247. The third kappa shape index (κ3) is 4.78. The van der Waals surface area contributed by atoms with Crippen LogP contribution in [0.1, 0.15) is 96.6 Å². The van der Waals surface area contributed by atoms with Crippen LogP contribution in [0, 0.1) is 5.92 Å². The maximum absolute atomic E-state index is 12.6. The van der Waals surface area contributed by atoms with E-state index in [1.54, 1.807) is 19.0 Å². The van der Waals surface area contributed by atoms with Gasteiger partial charge in [-0.2, -0.15) is 0 Å². The average molecular weight is 428 g/mol. The molecule has 2 atom stereocenters. The first-order valence-electron chi connectivity index (χ1n) is 11.9. The molecule has 1 aromatic rings. The molecule has 0 aromatic heterocycles. The smallest absolute Gasteiger partial charge is 0.248 e. The van der Waals surface area contributed by atoms with Gasteiger partial charge in [-0.15, -0.1) is 0 Å². The van der Waals surface area contributed by atoms with Gasteiger partial charge in [0.25, 0.3) is 0 Å². The van der Waals surface area contributed by atoms with Crippen LogP contribution in [-0.2, 0) is 10.2 Å². The fourth-order valence-electron chi connectivity index (χ4n) is 5.39. The average Bonchev–Trinajstić information content (AvgIpc) is 2.69. The van der Waals surface area contributed by atoms with Crippen LogP contribution in [0.5, 0.6) is 11.5 Å². The van der Waals surface area contributed by atoms with Gasteiger partial charge in [-0.25, -0.2) is 0 Å². The quantitative estimate of drug-likeness (QED) is 0.518. The summed E-state index contributed by atoms with van der Waals surface area (Å²) >= 11 is 0. The molecule has 1 aliphatic carbocycles. The Morgan fingerprint density at radius 3 is 2.58 bits per heavy atom. The largest absolute Gasteiger partial charge is 0.508 e. The predicted molar refractivity (Wildman–Crippen MR) is 127 cm³/mol. The van der Waals surface area contributed by atoms with Gasteiger partial charge in [-0.3, -0.25) is 4.79 Å². The number of carbonyl (C=O) groups is 1. The van der Waals surface area contributed by atoms with Gasteiger partial charge in [0, 0.05) is 37.1 Å². The minimum Gasteiger partial charge on any atom is -0.508 e. The van der Waals surface area contributed by atoms with Crippen molar-refractivity contribution in [3.63, 3.8) is 0 Å². The van der Waals surface area contributed by atoms with Crippen molar-refractivity contribution in [3.05, 3.63) is 34.9 Å². The molecule has 0 fully saturated rings. The number of ether oxygens (including phenoxy) is 1. The molecule has 1 amide bonds. The molecule has 0 spiro atoms. The number of allylic oxidation sites excluding steroid dienone is 1. The zero-order valence-corrected chi connectivity index (χ0v) is 20.5. The first-order chi connectivity index (χ1) is 14.5. The van der Waals surface area contributed by atoms with Crippen LogP contribution in [0.15, 0.2) is 23.8 Å². The number of rotatable bonds is 7. The lowest BCUT2D eigenvalue weighted by molar-refractivity contribution is -0.125. The van der Waals surface area contributed by atoms with Gasteiger partial charge in [0.2, 0.25) is 5.91 Å². The number of hydrogen-bond acceptors (Lipinski definition) is 3. The minimum atomic E-state index is -0.350. The van der Waals surface area contributed by atoms with Gasteiger partial charge in [-0.1, -0.05) is 52.5 Å². The maximum Gasteiger partial charge on any atom is 0.248 e. The standard InChI is InChI=1S/C27H41NO3/c1-8-9-10-11-14-26(2,3)19-16-22(29)24-20-15-18(25(30)28(6)7)12-13-21(20)27(4,5)31-23(24)17-19/h12,16-17,20-21,29H,8-11,13-15H2,1-7H3/t20?,21-/m1/s1. The molecule has 1 heterocycles. The Hall–Kier alpha value is -1.97. The van der Waals surface area contributed by atoms with Crippen molar-refractivity contribution in [2.75, 3.05) is 14.1 Å². The second kappa shape index (κ2) is 8.88. The van der Waals surface area contributed by atoms with Crippen molar-refractivity contribution in [3.8, 4) is 11.5 Å². The summed E-state index contributed by atoms with van der Waals surface area (Å²) in [7, 11) is 3.59. The molecular weight excluding hydrogens is 386 g/mol. The fraction of sp³-hybridized carbons (Fsp3) is 0.667. The first-order valence-corrected chi connectivity index (χ1v) is 11.9. The summed E-state index contributed by atoms with van der Waals surface area (Å²) in [4.78, 5) is 14.3. The van der Waals surface area contributed by atoms with Gasteiger partial charge in [0.05, 0.1) is 0 Å². The van der Waals surface area contributed by atoms with Crippen LogP contribution in [0.3, 0.4) is 0 Å². The molecule has 0 saturated heterocycles. The van der Waals surface area contributed by atoms with Crippen molar-refractivity contribution in [2.45, 2.75) is 96.5 Å². The van der Waals surface area contributed by atoms with Gasteiger partial charge < -0.3 is 14.7 Å². The summed E-state index contributed by atoms with van der Waals surface area (Å²) < 4.78 is 6.51. The van der Waals surface area contributed by atoms with E-state index in [0.717, 1.165) is 35.3 Å². The number of nitrogens with zero attached hydrogens (tertiary/aromatic N) is 1. The molecule has 1 unspecified atom stereocenters. The number of phenols is 1. The van der Waals surface area contributed by atoms with Crippen molar-refractivity contribution < 1.29 is 14.6 Å². The fourth-order valence-corrected chi connectivity index (χ4v) is 5.39. The number of benzene rings is 1. The van der Waals surface area contributed by atoms with Crippen molar-refractivity contribution in [1.82, 2.24) is 4.90 Å². The number of fused-ring (bicyclic) bond motifs is 3. The summed E-state index contributed by atoms with van der Waals surface area (Å²) in [5.41, 5.74) is 2.48. The van der Waals surface area contributed by atoms with Crippen LogP contribution in [0.2, 0.25) is 0 Å². The molecule has 0 saturated carbocycles. The van der Waals surface area contributed by atoms with Gasteiger partial charge in [-0.05, 0) is 56.2 Å². The van der Waals surface area contributed by atoms with E-state index in [-0.39, 0.29) is 28.8 Å². The SMILES string of the molecule is CCCCCCC(C)(C)c1cc(O)c2c(c1)OC(C)(C)[C@@H]1CC=C(C(=O)N(C)C)CC21. The Bertz CT molecular complexity index is 850. The Labute approximate surface area is 188 Å². The van der Waals surface area contributed by atoms with Crippen LogP contribution in [0.25, 0.3) is 0 Å². The first kappa shape index (κ1) is 23.7. The molecule has 0 radical (unpaired) electrons. The number of hydrogen-bond donors (Lipinski definition) is 1. The Morgan fingerprint density at radius 2 is 1.94 bits per heavy atom. The van der Waals surface area contributed by atoms with Crippen molar-refractivity contribution in [1.29, 1.82) is 0 Å². The highest BCUT2D eigenvalue weighted by atomic mass is 16.5. The van der Waals surface area contributed by atoms with Crippen molar-refractivity contribution >= 4 is 5.91 Å². The summed E-state index contributed by atoms with van der Waals surface area (Å²) in [5, 5.41) is 11.2. The van der Waals surface area contributed by atoms with Gasteiger partial charge >= 0.3 is 0 Å². The predicted octanol–water partition coefficient (Wildman–Crippen LogP) is 6.32. The molecule has 1 aliphatic heterocycles. The number of amides is 1. The molecule has 1 N–H and O–H groups in total. The Balaban J connectivity index is 1.94. The summed E-state index contributed by atoms with van der Waals surface area (Å²) in [5.74, 6) is 1.50. The number of unbranched alkanes of at least 4 members (excludes halogenated alkanes) is 3. The van der Waals surface area contributed by atoms with Crippen molar-refractivity contribution in [2.24, 2.45) is 5.92 Å². The second-order valence-corrected chi connectivity index (χ2v) is 10.9. The highest BCUT2D eigenvalue weighted by molar-refractivity contribution is 5.93. The lowest BCUT2D eigenvalue weighted by Crippen LogP contribution is -2.46. The number of aromatic hydroxyl groups is 1.